The molecule has 17 heavy (non-hydrogen) atoms. The number of aliphatic carboxylic acids is 1. The summed E-state index contributed by atoms with van der Waals surface area (Å²) in [5.41, 5.74) is -0.505. The van der Waals surface area contributed by atoms with Crippen molar-refractivity contribution in [2.75, 3.05) is 0 Å². The van der Waals surface area contributed by atoms with E-state index in [4.69, 9.17) is 5.11 Å². The minimum atomic E-state index is -0.847. The molecule has 0 aromatic rings. The third-order valence-corrected chi connectivity index (χ3v) is 2.76. The number of carbonyl (C=O) groups is 2. The molecule has 96 valence electrons. The van der Waals surface area contributed by atoms with Crippen LogP contribution in [-0.2, 0) is 4.79 Å². The molecule has 2 amide bonds. The van der Waals surface area contributed by atoms with Crippen molar-refractivity contribution in [3.63, 3.8) is 0 Å². The fourth-order valence-corrected chi connectivity index (χ4v) is 1.75. The number of carboxylic acids is 1. The van der Waals surface area contributed by atoms with E-state index in [9.17, 15) is 9.59 Å². The summed E-state index contributed by atoms with van der Waals surface area (Å²) in [7, 11) is 0. The van der Waals surface area contributed by atoms with Crippen LogP contribution in [0.2, 0.25) is 0 Å². The van der Waals surface area contributed by atoms with Gasteiger partial charge in [-0.25, -0.2) is 4.79 Å². The van der Waals surface area contributed by atoms with Gasteiger partial charge in [0.05, 0.1) is 0 Å². The molecule has 0 aromatic carbocycles. The Labute approximate surface area is 101 Å². The maximum atomic E-state index is 11.7. The number of nitrogens with one attached hydrogen (secondary N) is 2. The summed E-state index contributed by atoms with van der Waals surface area (Å²) in [6, 6.07) is -0.0561. The number of hydrogen-bond donors (Lipinski definition) is 3. The van der Waals surface area contributed by atoms with Gasteiger partial charge in [0.2, 0.25) is 0 Å². The van der Waals surface area contributed by atoms with Crippen molar-refractivity contribution in [2.24, 2.45) is 0 Å². The molecule has 1 rings (SSSR count). The molecule has 0 bridgehead atoms. The van der Waals surface area contributed by atoms with Crippen LogP contribution in [0.1, 0.15) is 39.5 Å². The molecule has 0 aliphatic heterocycles. The van der Waals surface area contributed by atoms with Crippen LogP contribution in [0.5, 0.6) is 0 Å². The van der Waals surface area contributed by atoms with E-state index in [-0.39, 0.29) is 18.5 Å². The van der Waals surface area contributed by atoms with Crippen molar-refractivity contribution in [3.8, 4) is 0 Å². The van der Waals surface area contributed by atoms with E-state index >= 15 is 0 Å². The summed E-state index contributed by atoms with van der Waals surface area (Å²) in [5.74, 6) is -0.847. The zero-order valence-electron chi connectivity index (χ0n) is 10.3. The minimum Gasteiger partial charge on any atom is -0.481 e. The first-order chi connectivity index (χ1) is 7.89. The van der Waals surface area contributed by atoms with E-state index < -0.39 is 11.5 Å². The standard InChI is InChI=1S/C12H20N2O3/c1-12(2,8-7-10(15)16)14-11(17)13-9-5-3-4-6-9/h3-4,9H,5-8H2,1-2H3,(H,15,16)(H2,13,14,17). The molecule has 0 saturated heterocycles. The van der Waals surface area contributed by atoms with Crippen molar-refractivity contribution in [1.29, 1.82) is 0 Å². The predicted octanol–water partition coefficient (Wildman–Crippen LogP) is 1.65. The summed E-state index contributed by atoms with van der Waals surface area (Å²) in [5, 5.41) is 14.3. The van der Waals surface area contributed by atoms with Gasteiger partial charge in [-0.1, -0.05) is 12.2 Å². The molecular formula is C12H20N2O3. The molecule has 1 aliphatic rings. The number of urea groups is 1. The highest BCUT2D eigenvalue weighted by molar-refractivity contribution is 5.75. The van der Waals surface area contributed by atoms with Gasteiger partial charge in [0, 0.05) is 18.0 Å². The lowest BCUT2D eigenvalue weighted by Gasteiger charge is -2.26. The molecule has 0 atom stereocenters. The molecule has 5 nitrogen and oxygen atoms in total. The van der Waals surface area contributed by atoms with Crippen LogP contribution in [0, 0.1) is 0 Å². The summed E-state index contributed by atoms with van der Waals surface area (Å²) in [4.78, 5) is 22.1. The van der Waals surface area contributed by atoms with E-state index in [1.54, 1.807) is 0 Å². The largest absolute Gasteiger partial charge is 0.481 e. The molecule has 0 radical (unpaired) electrons. The Morgan fingerprint density at radius 2 is 1.94 bits per heavy atom. The third kappa shape index (κ3) is 5.38. The smallest absolute Gasteiger partial charge is 0.315 e. The number of carboxylic acid groups (broad SMARTS) is 1. The van der Waals surface area contributed by atoms with Crippen molar-refractivity contribution in [3.05, 3.63) is 12.2 Å². The second-order valence-electron chi connectivity index (χ2n) is 5.02. The third-order valence-electron chi connectivity index (χ3n) is 2.76. The van der Waals surface area contributed by atoms with E-state index in [1.807, 2.05) is 26.0 Å². The summed E-state index contributed by atoms with van der Waals surface area (Å²) >= 11 is 0. The van der Waals surface area contributed by atoms with Gasteiger partial charge in [0.1, 0.15) is 0 Å². The second-order valence-corrected chi connectivity index (χ2v) is 5.02. The van der Waals surface area contributed by atoms with Crippen molar-refractivity contribution in [2.45, 2.75) is 51.1 Å². The van der Waals surface area contributed by atoms with E-state index in [0.29, 0.717) is 6.42 Å². The molecule has 3 N–H and O–H groups in total. The summed E-state index contributed by atoms with van der Waals surface area (Å²) in [6.07, 6.45) is 6.28. The molecular weight excluding hydrogens is 220 g/mol. The molecule has 0 spiro atoms. The lowest BCUT2D eigenvalue weighted by atomic mass is 9.99. The molecule has 5 heteroatoms. The summed E-state index contributed by atoms with van der Waals surface area (Å²) in [6.45, 7) is 3.64. The number of hydrogen-bond acceptors (Lipinski definition) is 2. The average Bonchev–Trinajstić information content (AvgIpc) is 2.66. The van der Waals surface area contributed by atoms with Crippen molar-refractivity contribution < 1.29 is 14.7 Å². The van der Waals surface area contributed by atoms with Gasteiger partial charge in [0.25, 0.3) is 0 Å². The SMILES string of the molecule is CC(C)(CCC(=O)O)NC(=O)NC1CC=CC1. The number of rotatable bonds is 5. The van der Waals surface area contributed by atoms with Crippen LogP contribution in [0.25, 0.3) is 0 Å². The van der Waals surface area contributed by atoms with Gasteiger partial charge < -0.3 is 15.7 Å². The molecule has 0 fully saturated rings. The zero-order valence-corrected chi connectivity index (χ0v) is 10.3. The Morgan fingerprint density at radius 1 is 1.35 bits per heavy atom. The first-order valence-corrected chi connectivity index (χ1v) is 5.84. The highest BCUT2D eigenvalue weighted by Gasteiger charge is 2.22. The Balaban J connectivity index is 2.30. The Hall–Kier alpha value is -1.52. The highest BCUT2D eigenvalue weighted by atomic mass is 16.4. The van der Waals surface area contributed by atoms with Crippen molar-refractivity contribution >= 4 is 12.0 Å². The molecule has 0 unspecified atom stereocenters. The van der Waals surface area contributed by atoms with Crippen LogP contribution >= 0.6 is 0 Å². The van der Waals surface area contributed by atoms with Gasteiger partial charge in [-0.05, 0) is 33.1 Å². The van der Waals surface area contributed by atoms with Crippen LogP contribution in [0.15, 0.2) is 12.2 Å². The zero-order chi connectivity index (χ0) is 12.9. The fraction of sp³-hybridized carbons (Fsp3) is 0.667. The predicted molar refractivity (Wildman–Crippen MR) is 64.8 cm³/mol. The second kappa shape index (κ2) is 5.70. The Kier molecular flexibility index (Phi) is 4.54. The first-order valence-electron chi connectivity index (χ1n) is 5.84. The molecule has 0 aromatic heterocycles. The van der Waals surface area contributed by atoms with Gasteiger partial charge >= 0.3 is 12.0 Å². The highest BCUT2D eigenvalue weighted by Crippen LogP contribution is 2.12. The molecule has 0 heterocycles. The quantitative estimate of drug-likeness (QED) is 0.639. The minimum absolute atomic E-state index is 0.0538. The number of carbonyl (C=O) groups excluding carboxylic acids is 1. The topological polar surface area (TPSA) is 78.4 Å². The van der Waals surface area contributed by atoms with E-state index in [2.05, 4.69) is 10.6 Å². The van der Waals surface area contributed by atoms with Gasteiger partial charge in [-0.2, -0.15) is 0 Å². The van der Waals surface area contributed by atoms with Crippen LogP contribution in [-0.4, -0.2) is 28.7 Å². The number of amides is 2. The molecule has 0 saturated carbocycles. The molecule has 1 aliphatic carbocycles. The maximum absolute atomic E-state index is 11.7. The van der Waals surface area contributed by atoms with Gasteiger partial charge in [-0.15, -0.1) is 0 Å². The van der Waals surface area contributed by atoms with Crippen LogP contribution < -0.4 is 10.6 Å². The van der Waals surface area contributed by atoms with Crippen molar-refractivity contribution in [1.82, 2.24) is 10.6 Å². The Bertz CT molecular complexity index is 316. The Morgan fingerprint density at radius 3 is 2.47 bits per heavy atom. The monoisotopic (exact) mass is 240 g/mol. The van der Waals surface area contributed by atoms with Gasteiger partial charge in [0.15, 0.2) is 0 Å². The van der Waals surface area contributed by atoms with E-state index in [0.717, 1.165) is 12.8 Å². The van der Waals surface area contributed by atoms with Crippen LogP contribution in [0.4, 0.5) is 4.79 Å². The first kappa shape index (κ1) is 13.5. The van der Waals surface area contributed by atoms with E-state index in [1.165, 1.54) is 0 Å². The summed E-state index contributed by atoms with van der Waals surface area (Å²) < 4.78 is 0. The maximum Gasteiger partial charge on any atom is 0.315 e. The fourth-order valence-electron chi connectivity index (χ4n) is 1.75. The lowest BCUT2D eigenvalue weighted by Crippen LogP contribution is -2.50. The lowest BCUT2D eigenvalue weighted by molar-refractivity contribution is -0.137. The van der Waals surface area contributed by atoms with Crippen LogP contribution in [0.3, 0.4) is 0 Å². The average molecular weight is 240 g/mol. The van der Waals surface area contributed by atoms with Gasteiger partial charge in [-0.3, -0.25) is 4.79 Å². The normalized spacial score (nSPS) is 15.9.